The van der Waals surface area contributed by atoms with Gasteiger partial charge in [0.15, 0.2) is 0 Å². The Morgan fingerprint density at radius 3 is 2.55 bits per heavy atom. The zero-order chi connectivity index (χ0) is 20.2. The lowest BCUT2D eigenvalue weighted by molar-refractivity contribution is 0.102. The molecule has 0 aliphatic carbocycles. The molecule has 150 valence electrons. The number of piperazine rings is 1. The van der Waals surface area contributed by atoms with E-state index in [2.05, 4.69) is 27.1 Å². The molecule has 0 saturated carbocycles. The molecular formula is C23H26N4O2. The molecule has 2 heterocycles. The van der Waals surface area contributed by atoms with Crippen molar-refractivity contribution in [1.29, 1.82) is 0 Å². The van der Waals surface area contributed by atoms with Gasteiger partial charge in [-0.2, -0.15) is 0 Å². The highest BCUT2D eigenvalue weighted by atomic mass is 16.5. The second kappa shape index (κ2) is 8.49. The zero-order valence-electron chi connectivity index (χ0n) is 16.9. The summed E-state index contributed by atoms with van der Waals surface area (Å²) in [5.74, 6) is 1.60. The highest BCUT2D eigenvalue weighted by molar-refractivity contribution is 6.06. The maximum absolute atomic E-state index is 12.7. The number of hydrogen-bond acceptors (Lipinski definition) is 5. The highest BCUT2D eigenvalue weighted by Crippen LogP contribution is 2.28. The molecule has 1 aromatic heterocycles. The van der Waals surface area contributed by atoms with Gasteiger partial charge in [0.05, 0.1) is 6.61 Å². The van der Waals surface area contributed by atoms with Crippen molar-refractivity contribution in [3.63, 3.8) is 0 Å². The zero-order valence-corrected chi connectivity index (χ0v) is 16.9. The van der Waals surface area contributed by atoms with Crippen molar-refractivity contribution < 1.29 is 9.53 Å². The van der Waals surface area contributed by atoms with E-state index < -0.39 is 0 Å². The van der Waals surface area contributed by atoms with Gasteiger partial charge in [-0.15, -0.1) is 0 Å². The predicted octanol–water partition coefficient (Wildman–Crippen LogP) is 3.64. The molecule has 4 rings (SSSR count). The Kier molecular flexibility index (Phi) is 5.62. The SMILES string of the molecule is CCOc1ccc(C(=O)Nc2ccc3ccnc(N4CCN(C)CC4)c3c2)cc1. The Hall–Kier alpha value is -3.12. The number of aromatic nitrogens is 1. The van der Waals surface area contributed by atoms with Crippen molar-refractivity contribution in [3.05, 3.63) is 60.3 Å². The summed E-state index contributed by atoms with van der Waals surface area (Å²) in [6.07, 6.45) is 1.86. The van der Waals surface area contributed by atoms with Crippen molar-refractivity contribution in [2.24, 2.45) is 0 Å². The predicted molar refractivity (Wildman–Crippen MR) is 117 cm³/mol. The van der Waals surface area contributed by atoms with Crippen molar-refractivity contribution in [2.75, 3.05) is 50.1 Å². The molecule has 3 aromatic rings. The lowest BCUT2D eigenvalue weighted by atomic mass is 10.1. The number of nitrogens with zero attached hydrogens (tertiary/aromatic N) is 3. The molecule has 6 heteroatoms. The minimum absolute atomic E-state index is 0.141. The molecule has 1 fully saturated rings. The number of benzene rings is 2. The summed E-state index contributed by atoms with van der Waals surface area (Å²) in [7, 11) is 2.14. The van der Waals surface area contributed by atoms with Crippen LogP contribution in [0.5, 0.6) is 5.75 Å². The first-order chi connectivity index (χ1) is 14.1. The maximum atomic E-state index is 12.7. The van der Waals surface area contributed by atoms with Crippen LogP contribution in [0.2, 0.25) is 0 Å². The number of amides is 1. The molecule has 29 heavy (non-hydrogen) atoms. The number of hydrogen-bond donors (Lipinski definition) is 1. The largest absolute Gasteiger partial charge is 0.494 e. The van der Waals surface area contributed by atoms with E-state index in [0.29, 0.717) is 12.2 Å². The summed E-state index contributed by atoms with van der Waals surface area (Å²) in [6.45, 7) is 6.48. The molecule has 1 amide bonds. The standard InChI is InChI=1S/C23H26N4O2/c1-3-29-20-8-5-18(6-9-20)23(28)25-19-7-4-17-10-11-24-22(21(17)16-19)27-14-12-26(2)13-15-27/h4-11,16H,3,12-15H2,1-2H3,(H,25,28). The van der Waals surface area contributed by atoms with Gasteiger partial charge in [0.1, 0.15) is 11.6 Å². The van der Waals surface area contributed by atoms with Crippen LogP contribution in [0, 0.1) is 0 Å². The summed E-state index contributed by atoms with van der Waals surface area (Å²) in [4.78, 5) is 21.9. The summed E-state index contributed by atoms with van der Waals surface area (Å²) < 4.78 is 5.44. The quantitative estimate of drug-likeness (QED) is 0.721. The van der Waals surface area contributed by atoms with E-state index in [0.717, 1.165) is 54.2 Å². The van der Waals surface area contributed by atoms with E-state index in [9.17, 15) is 4.79 Å². The number of rotatable bonds is 5. The Morgan fingerprint density at radius 1 is 1.07 bits per heavy atom. The van der Waals surface area contributed by atoms with Crippen LogP contribution < -0.4 is 15.0 Å². The first-order valence-corrected chi connectivity index (χ1v) is 10.0. The van der Waals surface area contributed by atoms with Gasteiger partial charge in [-0.05, 0) is 61.8 Å². The molecule has 1 saturated heterocycles. The number of fused-ring (bicyclic) bond motifs is 1. The fourth-order valence-electron chi connectivity index (χ4n) is 3.57. The van der Waals surface area contributed by atoms with E-state index >= 15 is 0 Å². The minimum atomic E-state index is -0.141. The first kappa shape index (κ1) is 19.2. The average molecular weight is 390 g/mol. The third-order valence-corrected chi connectivity index (χ3v) is 5.23. The van der Waals surface area contributed by atoms with Crippen LogP contribution >= 0.6 is 0 Å². The van der Waals surface area contributed by atoms with Gasteiger partial charge in [0, 0.05) is 49.0 Å². The summed E-state index contributed by atoms with van der Waals surface area (Å²) in [5.41, 5.74) is 1.36. The molecule has 1 N–H and O–H groups in total. The van der Waals surface area contributed by atoms with Crippen LogP contribution in [-0.4, -0.2) is 55.6 Å². The van der Waals surface area contributed by atoms with E-state index in [1.54, 1.807) is 12.1 Å². The number of ether oxygens (including phenoxy) is 1. The number of anilines is 2. The smallest absolute Gasteiger partial charge is 0.255 e. The number of carbonyl (C=O) groups excluding carboxylic acids is 1. The lowest BCUT2D eigenvalue weighted by Crippen LogP contribution is -2.44. The van der Waals surface area contributed by atoms with Crippen molar-refractivity contribution in [1.82, 2.24) is 9.88 Å². The molecule has 1 aliphatic heterocycles. The van der Waals surface area contributed by atoms with Crippen LogP contribution in [0.4, 0.5) is 11.5 Å². The number of likely N-dealkylation sites (N-methyl/N-ethyl adjacent to an activating group) is 1. The second-order valence-corrected chi connectivity index (χ2v) is 7.27. The topological polar surface area (TPSA) is 57.7 Å². The maximum Gasteiger partial charge on any atom is 0.255 e. The van der Waals surface area contributed by atoms with Crippen LogP contribution in [0.1, 0.15) is 17.3 Å². The molecular weight excluding hydrogens is 364 g/mol. The lowest BCUT2D eigenvalue weighted by Gasteiger charge is -2.33. The normalized spacial score (nSPS) is 14.8. The van der Waals surface area contributed by atoms with Gasteiger partial charge in [0.25, 0.3) is 5.91 Å². The number of nitrogens with one attached hydrogen (secondary N) is 1. The van der Waals surface area contributed by atoms with E-state index in [1.807, 2.05) is 49.5 Å². The van der Waals surface area contributed by atoms with E-state index in [-0.39, 0.29) is 5.91 Å². The summed E-state index contributed by atoms with van der Waals surface area (Å²) in [6, 6.07) is 15.2. The number of pyridine rings is 1. The first-order valence-electron chi connectivity index (χ1n) is 10.0. The van der Waals surface area contributed by atoms with E-state index in [1.165, 1.54) is 0 Å². The Balaban J connectivity index is 1.56. The van der Waals surface area contributed by atoms with Crippen LogP contribution in [0.15, 0.2) is 54.7 Å². The Labute approximate surface area is 171 Å². The van der Waals surface area contributed by atoms with Crippen LogP contribution in [-0.2, 0) is 0 Å². The minimum Gasteiger partial charge on any atom is -0.494 e. The van der Waals surface area contributed by atoms with Gasteiger partial charge in [-0.1, -0.05) is 6.07 Å². The van der Waals surface area contributed by atoms with Crippen LogP contribution in [0.25, 0.3) is 10.8 Å². The van der Waals surface area contributed by atoms with Gasteiger partial charge in [-0.3, -0.25) is 4.79 Å². The monoisotopic (exact) mass is 390 g/mol. The Morgan fingerprint density at radius 2 is 1.83 bits per heavy atom. The van der Waals surface area contributed by atoms with Gasteiger partial charge < -0.3 is 19.9 Å². The van der Waals surface area contributed by atoms with Crippen molar-refractivity contribution in [3.8, 4) is 5.75 Å². The van der Waals surface area contributed by atoms with Gasteiger partial charge in [0.2, 0.25) is 0 Å². The molecule has 6 nitrogen and oxygen atoms in total. The fourth-order valence-corrected chi connectivity index (χ4v) is 3.57. The Bertz CT molecular complexity index is 995. The molecule has 0 radical (unpaired) electrons. The molecule has 0 spiro atoms. The molecule has 2 aromatic carbocycles. The third kappa shape index (κ3) is 4.32. The van der Waals surface area contributed by atoms with Gasteiger partial charge in [-0.25, -0.2) is 4.98 Å². The van der Waals surface area contributed by atoms with E-state index in [4.69, 9.17) is 4.74 Å². The molecule has 0 atom stereocenters. The van der Waals surface area contributed by atoms with Gasteiger partial charge >= 0.3 is 0 Å². The van der Waals surface area contributed by atoms with Crippen molar-refractivity contribution in [2.45, 2.75) is 6.92 Å². The average Bonchev–Trinajstić information content (AvgIpc) is 2.75. The fraction of sp³-hybridized carbons (Fsp3) is 0.304. The number of carbonyl (C=O) groups is 1. The summed E-state index contributed by atoms with van der Waals surface area (Å²) in [5, 5.41) is 5.18. The van der Waals surface area contributed by atoms with Crippen molar-refractivity contribution >= 4 is 28.2 Å². The molecule has 0 bridgehead atoms. The summed E-state index contributed by atoms with van der Waals surface area (Å²) >= 11 is 0. The molecule has 0 unspecified atom stereocenters. The highest BCUT2D eigenvalue weighted by Gasteiger charge is 2.18. The molecule has 1 aliphatic rings. The second-order valence-electron chi connectivity index (χ2n) is 7.27. The van der Waals surface area contributed by atoms with Crippen LogP contribution in [0.3, 0.4) is 0 Å². The third-order valence-electron chi connectivity index (χ3n) is 5.23.